The van der Waals surface area contributed by atoms with Crippen molar-refractivity contribution in [2.75, 3.05) is 30.4 Å². The molecule has 1 N–H and O–H groups in total. The minimum atomic E-state index is -4.75. The van der Waals surface area contributed by atoms with E-state index < -0.39 is 47.5 Å². The highest BCUT2D eigenvalue weighted by atomic mass is 19.4. The van der Waals surface area contributed by atoms with Crippen molar-refractivity contribution in [2.24, 2.45) is 7.05 Å². The molecule has 3 rings (SSSR count). The molecule has 1 fully saturated rings. The van der Waals surface area contributed by atoms with Gasteiger partial charge in [0.25, 0.3) is 11.5 Å². The molecular weight excluding hydrogens is 427 g/mol. The van der Waals surface area contributed by atoms with Crippen molar-refractivity contribution in [3.05, 3.63) is 46.8 Å². The summed E-state index contributed by atoms with van der Waals surface area (Å²) >= 11 is 0. The van der Waals surface area contributed by atoms with Gasteiger partial charge in [0.05, 0.1) is 18.3 Å². The first-order valence-corrected chi connectivity index (χ1v) is 9.10. The average molecular weight is 446 g/mol. The van der Waals surface area contributed by atoms with Crippen LogP contribution in [0.25, 0.3) is 0 Å². The molecule has 3 heterocycles. The van der Waals surface area contributed by atoms with E-state index in [9.17, 15) is 31.5 Å². The van der Waals surface area contributed by atoms with Gasteiger partial charge in [-0.05, 0) is 12.5 Å². The van der Waals surface area contributed by atoms with E-state index in [0.29, 0.717) is 21.7 Å². The number of nitrogens with zero attached hydrogens (tertiary/aromatic N) is 5. The van der Waals surface area contributed by atoms with Gasteiger partial charge in [-0.2, -0.15) is 13.2 Å². The lowest BCUT2D eigenvalue weighted by Gasteiger charge is -2.42. The number of rotatable bonds is 3. The van der Waals surface area contributed by atoms with Crippen LogP contribution in [0.4, 0.5) is 38.3 Å². The van der Waals surface area contributed by atoms with Gasteiger partial charge in [-0.25, -0.2) is 18.6 Å². The van der Waals surface area contributed by atoms with E-state index in [-0.39, 0.29) is 18.8 Å². The van der Waals surface area contributed by atoms with Crippen LogP contribution in [-0.4, -0.2) is 57.6 Å². The van der Waals surface area contributed by atoms with Crippen LogP contribution in [0.1, 0.15) is 12.0 Å². The summed E-state index contributed by atoms with van der Waals surface area (Å²) in [6.07, 6.45) is -0.182. The van der Waals surface area contributed by atoms with E-state index in [1.165, 1.54) is 23.5 Å². The van der Waals surface area contributed by atoms with Gasteiger partial charge < -0.3 is 19.7 Å². The highest BCUT2D eigenvalue weighted by molar-refractivity contribution is 5.89. The lowest BCUT2D eigenvalue weighted by molar-refractivity contribution is -0.138. The molecule has 2 amide bonds. The average Bonchev–Trinajstić information content (AvgIpc) is 2.69. The second-order valence-electron chi connectivity index (χ2n) is 7.15. The van der Waals surface area contributed by atoms with Crippen molar-refractivity contribution >= 4 is 17.5 Å². The van der Waals surface area contributed by atoms with E-state index >= 15 is 0 Å². The number of nitrogens with one attached hydrogen (secondary N) is 1. The van der Waals surface area contributed by atoms with E-state index in [1.54, 1.807) is 0 Å². The maximum Gasteiger partial charge on any atom is 0.417 e. The third-order valence-electron chi connectivity index (χ3n) is 4.98. The Kier molecular flexibility index (Phi) is 5.87. The standard InChI is InChI=1S/C18H19F5N6O2/c1-27-9-11(18(21,22)23)7-12(15(27)30)26-16(31)28(2)13-3-6-29(10-17(13,19)20)14-8-24-4-5-25-14/h4-5,7-9,13H,3,6,10H2,1-2H3,(H,26,31)/t13-/m0/s1. The minimum absolute atomic E-state index is 0.131. The summed E-state index contributed by atoms with van der Waals surface area (Å²) in [5.74, 6) is -3.08. The molecule has 0 radical (unpaired) electrons. The summed E-state index contributed by atoms with van der Waals surface area (Å²) in [5, 5.41) is 2.03. The summed E-state index contributed by atoms with van der Waals surface area (Å²) in [7, 11) is 2.19. The molecule has 0 saturated carbocycles. The van der Waals surface area contributed by atoms with Gasteiger partial charge >= 0.3 is 12.2 Å². The molecule has 168 valence electrons. The van der Waals surface area contributed by atoms with Crippen LogP contribution in [0.3, 0.4) is 0 Å². The summed E-state index contributed by atoms with van der Waals surface area (Å²) in [4.78, 5) is 34.5. The normalized spacial score (nSPS) is 18.5. The molecule has 0 spiro atoms. The Hall–Kier alpha value is -3.25. The van der Waals surface area contributed by atoms with Crippen molar-refractivity contribution in [1.82, 2.24) is 19.4 Å². The molecule has 31 heavy (non-hydrogen) atoms. The van der Waals surface area contributed by atoms with Gasteiger partial charge in [-0.1, -0.05) is 0 Å². The van der Waals surface area contributed by atoms with Crippen molar-refractivity contribution in [2.45, 2.75) is 24.6 Å². The number of pyridine rings is 1. The zero-order valence-electron chi connectivity index (χ0n) is 16.5. The molecule has 13 heteroatoms. The van der Waals surface area contributed by atoms with Gasteiger partial charge in [0.15, 0.2) is 0 Å². The molecule has 0 unspecified atom stereocenters. The molecule has 8 nitrogen and oxygen atoms in total. The van der Waals surface area contributed by atoms with Crippen molar-refractivity contribution in [3.8, 4) is 0 Å². The minimum Gasteiger partial charge on any atom is -0.349 e. The number of urea groups is 1. The molecule has 1 atom stereocenters. The summed E-state index contributed by atoms with van der Waals surface area (Å²) < 4.78 is 69.2. The van der Waals surface area contributed by atoms with Gasteiger partial charge in [-0.15, -0.1) is 0 Å². The molecule has 1 aliphatic heterocycles. The van der Waals surface area contributed by atoms with Gasteiger partial charge in [0.2, 0.25) is 0 Å². The van der Waals surface area contributed by atoms with Crippen LogP contribution in [0.5, 0.6) is 0 Å². The Bertz CT molecular complexity index is 1010. The number of halogens is 5. The second-order valence-corrected chi connectivity index (χ2v) is 7.15. The first-order chi connectivity index (χ1) is 14.4. The third kappa shape index (κ3) is 4.75. The summed E-state index contributed by atoms with van der Waals surface area (Å²) in [6.45, 7) is -0.568. The van der Waals surface area contributed by atoms with Crippen LogP contribution in [0.2, 0.25) is 0 Å². The first-order valence-electron chi connectivity index (χ1n) is 9.10. The monoisotopic (exact) mass is 446 g/mol. The Morgan fingerprint density at radius 3 is 2.61 bits per heavy atom. The Balaban J connectivity index is 1.76. The Morgan fingerprint density at radius 1 is 1.32 bits per heavy atom. The van der Waals surface area contributed by atoms with Crippen molar-refractivity contribution < 1.29 is 26.7 Å². The van der Waals surface area contributed by atoms with Crippen LogP contribution >= 0.6 is 0 Å². The molecule has 1 saturated heterocycles. The summed E-state index contributed by atoms with van der Waals surface area (Å²) in [5.41, 5.74) is -2.72. The van der Waals surface area contributed by atoms with E-state index in [1.807, 2.05) is 5.32 Å². The molecule has 2 aromatic rings. The molecule has 1 aliphatic rings. The third-order valence-corrected chi connectivity index (χ3v) is 4.98. The number of aryl methyl sites for hydroxylation is 1. The highest BCUT2D eigenvalue weighted by Gasteiger charge is 2.48. The number of carbonyl (C=O) groups excluding carboxylic acids is 1. The number of hydrogen-bond donors (Lipinski definition) is 1. The largest absolute Gasteiger partial charge is 0.417 e. The van der Waals surface area contributed by atoms with Crippen LogP contribution < -0.4 is 15.8 Å². The zero-order valence-corrected chi connectivity index (χ0v) is 16.5. The maximum absolute atomic E-state index is 14.8. The van der Waals surface area contributed by atoms with E-state index in [2.05, 4.69) is 9.97 Å². The van der Waals surface area contributed by atoms with Crippen LogP contribution in [0, 0.1) is 0 Å². The van der Waals surface area contributed by atoms with E-state index in [0.717, 1.165) is 14.1 Å². The number of carbonyl (C=O) groups is 1. The fourth-order valence-corrected chi connectivity index (χ4v) is 3.36. The topological polar surface area (TPSA) is 83.4 Å². The van der Waals surface area contributed by atoms with Gasteiger partial charge in [0.1, 0.15) is 17.5 Å². The lowest BCUT2D eigenvalue weighted by Crippen LogP contribution is -2.59. The number of amides is 2. The zero-order chi connectivity index (χ0) is 23.0. The van der Waals surface area contributed by atoms with Gasteiger partial charge in [0, 0.05) is 39.2 Å². The number of aromatic nitrogens is 3. The van der Waals surface area contributed by atoms with E-state index in [4.69, 9.17) is 0 Å². The molecule has 0 aliphatic carbocycles. The Morgan fingerprint density at radius 2 is 2.03 bits per heavy atom. The SMILES string of the molecule is CN(C(=O)Nc1cc(C(F)(F)F)cn(C)c1=O)[C@H]1CCN(c2cnccn2)CC1(F)F. The van der Waals surface area contributed by atoms with Gasteiger partial charge in [-0.3, -0.25) is 9.78 Å². The quantitative estimate of drug-likeness (QED) is 0.733. The molecule has 0 bridgehead atoms. The lowest BCUT2D eigenvalue weighted by atomic mass is 9.99. The number of hydrogen-bond acceptors (Lipinski definition) is 5. The maximum atomic E-state index is 14.8. The smallest absolute Gasteiger partial charge is 0.349 e. The second kappa shape index (κ2) is 8.12. The highest BCUT2D eigenvalue weighted by Crippen LogP contribution is 2.33. The summed E-state index contributed by atoms with van der Waals surface area (Å²) in [6, 6.07) is -2.17. The Labute approximate surface area is 173 Å². The van der Waals surface area contributed by atoms with Crippen molar-refractivity contribution in [1.29, 1.82) is 0 Å². The molecule has 0 aromatic carbocycles. The first kappa shape index (κ1) is 22.4. The predicted molar refractivity (Wildman–Crippen MR) is 101 cm³/mol. The molecule has 2 aromatic heterocycles. The fraction of sp³-hybridized carbons (Fsp3) is 0.444. The molecular formula is C18H19F5N6O2. The van der Waals surface area contributed by atoms with Crippen LogP contribution in [0.15, 0.2) is 35.6 Å². The number of piperidine rings is 1. The van der Waals surface area contributed by atoms with Crippen LogP contribution in [-0.2, 0) is 13.2 Å². The van der Waals surface area contributed by atoms with Crippen molar-refractivity contribution in [3.63, 3.8) is 0 Å². The predicted octanol–water partition coefficient (Wildman–Crippen LogP) is 2.57. The number of alkyl halides is 5. The number of anilines is 2. The fourth-order valence-electron chi connectivity index (χ4n) is 3.36.